The van der Waals surface area contributed by atoms with E-state index < -0.39 is 0 Å². The van der Waals surface area contributed by atoms with Crippen molar-refractivity contribution in [2.45, 2.75) is 43.5 Å². The molecule has 1 unspecified atom stereocenters. The number of tetrazole rings is 1. The molecule has 150 valence electrons. The van der Waals surface area contributed by atoms with Crippen LogP contribution in [0, 0.1) is 13.8 Å². The van der Waals surface area contributed by atoms with E-state index in [9.17, 15) is 4.79 Å². The second-order valence-corrected chi connectivity index (χ2v) is 8.53. The standard InChI is InChI=1S/C22H25N5OS/c1-16-11-12-19(17(2)15-16)27-22(23-24-25-27)29-20(18-9-5-3-6-10-18)21(28)26-13-7-4-8-14-26/h3,5-6,9-12,15,20H,4,7-8,13-14H2,1-2H3. The number of carbonyl (C=O) groups excluding carboxylic acids is 1. The minimum Gasteiger partial charge on any atom is -0.341 e. The van der Waals surface area contributed by atoms with Gasteiger partial charge < -0.3 is 4.90 Å². The number of nitrogens with zero attached hydrogens (tertiary/aromatic N) is 5. The van der Waals surface area contributed by atoms with E-state index in [0.29, 0.717) is 5.16 Å². The highest BCUT2D eigenvalue weighted by Crippen LogP contribution is 2.37. The number of aromatic nitrogens is 4. The van der Waals surface area contributed by atoms with Gasteiger partial charge in [0.25, 0.3) is 0 Å². The molecule has 4 rings (SSSR count). The predicted octanol–water partition coefficient (Wildman–Crippen LogP) is 4.13. The third kappa shape index (κ3) is 4.34. The Hall–Kier alpha value is -2.67. The number of hydrogen-bond acceptors (Lipinski definition) is 5. The van der Waals surface area contributed by atoms with Crippen molar-refractivity contribution in [3.63, 3.8) is 0 Å². The minimum absolute atomic E-state index is 0.135. The van der Waals surface area contributed by atoms with Crippen LogP contribution in [0.3, 0.4) is 0 Å². The smallest absolute Gasteiger partial charge is 0.240 e. The quantitative estimate of drug-likeness (QED) is 0.595. The van der Waals surface area contributed by atoms with Crippen LogP contribution in [0.5, 0.6) is 0 Å². The lowest BCUT2D eigenvalue weighted by molar-refractivity contribution is -0.131. The molecule has 0 bridgehead atoms. The maximum absolute atomic E-state index is 13.4. The van der Waals surface area contributed by atoms with Crippen molar-refractivity contribution in [3.8, 4) is 5.69 Å². The van der Waals surface area contributed by atoms with Gasteiger partial charge in [-0.3, -0.25) is 4.79 Å². The van der Waals surface area contributed by atoms with Crippen LogP contribution in [0.1, 0.15) is 41.2 Å². The maximum atomic E-state index is 13.4. The summed E-state index contributed by atoms with van der Waals surface area (Å²) in [7, 11) is 0. The molecule has 1 saturated heterocycles. The lowest BCUT2D eigenvalue weighted by Crippen LogP contribution is -2.38. The van der Waals surface area contributed by atoms with Crippen LogP contribution in [0.2, 0.25) is 0 Å². The monoisotopic (exact) mass is 407 g/mol. The third-order valence-corrected chi connectivity index (χ3v) is 6.41. The van der Waals surface area contributed by atoms with E-state index in [2.05, 4.69) is 28.5 Å². The van der Waals surface area contributed by atoms with Crippen LogP contribution in [0.25, 0.3) is 5.69 Å². The molecule has 3 aromatic rings. The van der Waals surface area contributed by atoms with Crippen molar-refractivity contribution in [1.82, 2.24) is 25.1 Å². The summed E-state index contributed by atoms with van der Waals surface area (Å²) < 4.78 is 1.73. The number of rotatable bonds is 5. The van der Waals surface area contributed by atoms with Gasteiger partial charge in [0, 0.05) is 13.1 Å². The molecule has 6 nitrogen and oxygen atoms in total. The first-order valence-electron chi connectivity index (χ1n) is 10.00. The summed E-state index contributed by atoms with van der Waals surface area (Å²) in [4.78, 5) is 15.4. The van der Waals surface area contributed by atoms with E-state index >= 15 is 0 Å². The van der Waals surface area contributed by atoms with Gasteiger partial charge in [-0.2, -0.15) is 4.68 Å². The minimum atomic E-state index is -0.371. The molecule has 0 aliphatic carbocycles. The number of hydrogen-bond donors (Lipinski definition) is 0. The number of aryl methyl sites for hydroxylation is 2. The molecule has 2 aromatic carbocycles. The molecule has 0 spiro atoms. The van der Waals surface area contributed by atoms with Crippen molar-refractivity contribution in [1.29, 1.82) is 0 Å². The van der Waals surface area contributed by atoms with Gasteiger partial charge in [-0.25, -0.2) is 0 Å². The van der Waals surface area contributed by atoms with Crippen LogP contribution < -0.4 is 0 Å². The average molecular weight is 408 g/mol. The number of piperidine rings is 1. The van der Waals surface area contributed by atoms with Gasteiger partial charge in [0.1, 0.15) is 5.25 Å². The molecule has 1 amide bonds. The molecule has 0 saturated carbocycles. The summed E-state index contributed by atoms with van der Waals surface area (Å²) in [5, 5.41) is 12.6. The van der Waals surface area contributed by atoms with Crippen molar-refractivity contribution < 1.29 is 4.79 Å². The van der Waals surface area contributed by atoms with Crippen molar-refractivity contribution in [2.24, 2.45) is 0 Å². The Morgan fingerprint density at radius 2 is 1.79 bits per heavy atom. The summed E-state index contributed by atoms with van der Waals surface area (Å²) in [5.74, 6) is 0.135. The van der Waals surface area contributed by atoms with Crippen molar-refractivity contribution in [2.75, 3.05) is 13.1 Å². The van der Waals surface area contributed by atoms with Gasteiger partial charge in [-0.15, -0.1) is 5.10 Å². The molecular weight excluding hydrogens is 382 g/mol. The largest absolute Gasteiger partial charge is 0.341 e. The van der Waals surface area contributed by atoms with Gasteiger partial charge in [0.05, 0.1) is 5.69 Å². The molecule has 7 heteroatoms. The number of carbonyl (C=O) groups is 1. The van der Waals surface area contributed by atoms with Crippen LogP contribution >= 0.6 is 11.8 Å². The van der Waals surface area contributed by atoms with Crippen LogP contribution in [-0.4, -0.2) is 44.1 Å². The van der Waals surface area contributed by atoms with Crippen LogP contribution in [-0.2, 0) is 4.79 Å². The number of benzene rings is 2. The Bertz CT molecular complexity index is 982. The van der Waals surface area contributed by atoms with E-state index in [1.807, 2.05) is 54.3 Å². The van der Waals surface area contributed by atoms with E-state index in [1.165, 1.54) is 23.7 Å². The summed E-state index contributed by atoms with van der Waals surface area (Å²) in [6.45, 7) is 5.76. The lowest BCUT2D eigenvalue weighted by Gasteiger charge is -2.30. The SMILES string of the molecule is Cc1ccc(-n2nnnc2SC(C(=O)N2CCCCC2)c2ccccc2)c(C)c1. The highest BCUT2D eigenvalue weighted by atomic mass is 32.2. The second-order valence-electron chi connectivity index (χ2n) is 7.46. The lowest BCUT2D eigenvalue weighted by atomic mass is 10.1. The first-order chi connectivity index (χ1) is 14.1. The Labute approximate surface area is 175 Å². The van der Waals surface area contributed by atoms with E-state index in [0.717, 1.165) is 42.7 Å². The fourth-order valence-corrected chi connectivity index (χ4v) is 4.79. The number of thioether (sulfide) groups is 1. The molecule has 1 atom stereocenters. The fourth-order valence-electron chi connectivity index (χ4n) is 3.72. The first-order valence-corrected chi connectivity index (χ1v) is 10.9. The summed E-state index contributed by atoms with van der Waals surface area (Å²) in [6, 6.07) is 16.1. The van der Waals surface area contributed by atoms with Crippen LogP contribution in [0.15, 0.2) is 53.7 Å². The van der Waals surface area contributed by atoms with Crippen molar-refractivity contribution in [3.05, 3.63) is 65.2 Å². The highest BCUT2D eigenvalue weighted by molar-refractivity contribution is 8.00. The molecule has 0 N–H and O–H groups in total. The summed E-state index contributed by atoms with van der Waals surface area (Å²) >= 11 is 1.42. The Morgan fingerprint density at radius 3 is 2.52 bits per heavy atom. The number of amides is 1. The normalized spacial score (nSPS) is 15.3. The molecule has 0 radical (unpaired) electrons. The summed E-state index contributed by atoms with van der Waals surface area (Å²) in [5.41, 5.74) is 4.19. The Kier molecular flexibility index (Phi) is 5.94. The zero-order chi connectivity index (χ0) is 20.2. The maximum Gasteiger partial charge on any atom is 0.240 e. The number of likely N-dealkylation sites (tertiary alicyclic amines) is 1. The first kappa shape index (κ1) is 19.6. The third-order valence-electron chi connectivity index (χ3n) is 5.24. The predicted molar refractivity (Wildman–Crippen MR) is 114 cm³/mol. The molecule has 1 aliphatic rings. The van der Waals surface area contributed by atoms with E-state index in [4.69, 9.17) is 0 Å². The highest BCUT2D eigenvalue weighted by Gasteiger charge is 2.30. The molecule has 1 aliphatic heterocycles. The Balaban J connectivity index is 1.67. The van der Waals surface area contributed by atoms with Crippen LogP contribution in [0.4, 0.5) is 0 Å². The fraction of sp³-hybridized carbons (Fsp3) is 0.364. The zero-order valence-electron chi connectivity index (χ0n) is 16.8. The zero-order valence-corrected chi connectivity index (χ0v) is 17.6. The molecule has 2 heterocycles. The second kappa shape index (κ2) is 8.78. The van der Waals surface area contributed by atoms with Gasteiger partial charge in [0.15, 0.2) is 0 Å². The topological polar surface area (TPSA) is 63.9 Å². The average Bonchev–Trinajstić information content (AvgIpc) is 3.21. The Morgan fingerprint density at radius 1 is 1.03 bits per heavy atom. The van der Waals surface area contributed by atoms with Gasteiger partial charge in [-0.05, 0) is 60.7 Å². The molecule has 29 heavy (non-hydrogen) atoms. The van der Waals surface area contributed by atoms with Gasteiger partial charge in [-0.1, -0.05) is 59.8 Å². The van der Waals surface area contributed by atoms with Crippen molar-refractivity contribution >= 4 is 17.7 Å². The summed E-state index contributed by atoms with van der Waals surface area (Å²) in [6.07, 6.45) is 3.33. The van der Waals surface area contributed by atoms with E-state index in [-0.39, 0.29) is 11.2 Å². The molecule has 1 fully saturated rings. The van der Waals surface area contributed by atoms with Gasteiger partial charge in [0.2, 0.25) is 11.1 Å². The van der Waals surface area contributed by atoms with E-state index in [1.54, 1.807) is 4.68 Å². The molecule has 1 aromatic heterocycles. The molecular formula is C22H25N5OS. The van der Waals surface area contributed by atoms with Gasteiger partial charge >= 0.3 is 0 Å².